The van der Waals surface area contributed by atoms with E-state index >= 15 is 0 Å². The third-order valence-electron chi connectivity index (χ3n) is 6.45. The zero-order valence-corrected chi connectivity index (χ0v) is 19.2. The van der Waals surface area contributed by atoms with Crippen LogP contribution in [0.15, 0.2) is 41.8 Å². The lowest BCUT2D eigenvalue weighted by Gasteiger charge is -2.30. The molecule has 2 aromatic heterocycles. The highest BCUT2D eigenvalue weighted by molar-refractivity contribution is 7.10. The summed E-state index contributed by atoms with van der Waals surface area (Å²) in [5.74, 6) is -0.228. The van der Waals surface area contributed by atoms with Crippen LogP contribution in [0, 0.1) is 0 Å². The zero-order chi connectivity index (χ0) is 22.1. The summed E-state index contributed by atoms with van der Waals surface area (Å²) in [6.45, 7) is 3.38. The van der Waals surface area contributed by atoms with Crippen LogP contribution in [-0.2, 0) is 30.6 Å². The second-order valence-corrected chi connectivity index (χ2v) is 9.57. The van der Waals surface area contributed by atoms with E-state index in [9.17, 15) is 9.59 Å². The van der Waals surface area contributed by atoms with Crippen molar-refractivity contribution < 1.29 is 9.59 Å². The molecule has 5 rings (SSSR count). The standard InChI is InChI=1S/C25H28N4O2S/c1-2-7-20(25(31)28-14-12-22-17(16-28)13-15-32-22)26-24(30)23-19-10-6-11-21(19)29(27-23)18-8-4-3-5-9-18/h3-5,8-9,13,15,20H,2,6-7,10-12,14,16H2,1H3,(H,26,30). The third-order valence-corrected chi connectivity index (χ3v) is 7.47. The summed E-state index contributed by atoms with van der Waals surface area (Å²) >= 11 is 1.76. The minimum Gasteiger partial charge on any atom is -0.339 e. The van der Waals surface area contributed by atoms with Crippen LogP contribution < -0.4 is 5.32 Å². The summed E-state index contributed by atoms with van der Waals surface area (Å²) in [6.07, 6.45) is 5.13. The van der Waals surface area contributed by atoms with Crippen molar-refractivity contribution in [2.24, 2.45) is 0 Å². The molecule has 32 heavy (non-hydrogen) atoms. The van der Waals surface area contributed by atoms with Crippen molar-refractivity contribution in [3.63, 3.8) is 0 Å². The van der Waals surface area contributed by atoms with Gasteiger partial charge in [-0.25, -0.2) is 4.68 Å². The fourth-order valence-corrected chi connectivity index (χ4v) is 5.72. The van der Waals surface area contributed by atoms with E-state index in [4.69, 9.17) is 5.10 Å². The Balaban J connectivity index is 1.37. The third kappa shape index (κ3) is 3.86. The molecule has 0 spiro atoms. The Labute approximate surface area is 192 Å². The molecule has 0 saturated heterocycles. The number of nitrogens with zero attached hydrogens (tertiary/aromatic N) is 3. The molecule has 1 N–H and O–H groups in total. The first-order chi connectivity index (χ1) is 15.7. The lowest BCUT2D eigenvalue weighted by molar-refractivity contribution is -0.134. The Bertz CT molecular complexity index is 1130. The number of carbonyl (C=O) groups excluding carboxylic acids is 2. The second kappa shape index (κ2) is 8.90. The number of hydrogen-bond donors (Lipinski definition) is 1. The maximum Gasteiger partial charge on any atom is 0.272 e. The van der Waals surface area contributed by atoms with Crippen LogP contribution in [0.3, 0.4) is 0 Å². The van der Waals surface area contributed by atoms with Gasteiger partial charge >= 0.3 is 0 Å². The van der Waals surface area contributed by atoms with Crippen LogP contribution in [0.5, 0.6) is 0 Å². The van der Waals surface area contributed by atoms with Crippen molar-refractivity contribution >= 4 is 23.2 Å². The number of para-hydroxylation sites is 1. The number of carbonyl (C=O) groups is 2. The molecular formula is C25H28N4O2S. The Hall–Kier alpha value is -2.93. The molecule has 7 heteroatoms. The van der Waals surface area contributed by atoms with Crippen molar-refractivity contribution in [3.8, 4) is 5.69 Å². The summed E-state index contributed by atoms with van der Waals surface area (Å²) in [4.78, 5) is 29.9. The maximum atomic E-state index is 13.3. The minimum atomic E-state index is -0.522. The van der Waals surface area contributed by atoms with Gasteiger partial charge in [-0.15, -0.1) is 11.3 Å². The molecule has 2 aliphatic rings. The molecule has 0 bridgehead atoms. The quantitative estimate of drug-likeness (QED) is 0.622. The van der Waals surface area contributed by atoms with Gasteiger partial charge in [0.1, 0.15) is 6.04 Å². The number of benzene rings is 1. The predicted octanol–water partition coefficient (Wildman–Crippen LogP) is 3.91. The molecule has 1 unspecified atom stereocenters. The predicted molar refractivity (Wildman–Crippen MR) is 125 cm³/mol. The average molecular weight is 449 g/mol. The van der Waals surface area contributed by atoms with Gasteiger partial charge in [-0.2, -0.15) is 5.10 Å². The van der Waals surface area contributed by atoms with E-state index in [1.807, 2.05) is 46.8 Å². The number of nitrogens with one attached hydrogen (secondary N) is 1. The van der Waals surface area contributed by atoms with Crippen LogP contribution in [0.1, 0.15) is 58.4 Å². The van der Waals surface area contributed by atoms with Crippen molar-refractivity contribution in [1.29, 1.82) is 0 Å². The van der Waals surface area contributed by atoms with Crippen LogP contribution in [0.2, 0.25) is 0 Å². The molecule has 3 aromatic rings. The molecule has 1 atom stereocenters. The molecule has 3 heterocycles. The average Bonchev–Trinajstić information content (AvgIpc) is 3.54. The Morgan fingerprint density at radius 3 is 2.81 bits per heavy atom. The highest BCUT2D eigenvalue weighted by Gasteiger charge is 2.32. The lowest BCUT2D eigenvalue weighted by atomic mass is 10.1. The topological polar surface area (TPSA) is 67.2 Å². The van der Waals surface area contributed by atoms with Gasteiger partial charge in [0.25, 0.3) is 5.91 Å². The number of amides is 2. The van der Waals surface area contributed by atoms with Gasteiger partial charge in [0.15, 0.2) is 5.69 Å². The summed E-state index contributed by atoms with van der Waals surface area (Å²) in [5, 5.41) is 9.82. The molecular weight excluding hydrogens is 420 g/mol. The SMILES string of the molecule is CCCC(NC(=O)c1nn(-c2ccccc2)c2c1CCC2)C(=O)N1CCc2sccc2C1. The number of aromatic nitrogens is 2. The first kappa shape index (κ1) is 20.9. The highest BCUT2D eigenvalue weighted by Crippen LogP contribution is 2.28. The number of thiophene rings is 1. The normalized spacial score (nSPS) is 15.8. The van der Waals surface area contributed by atoms with Gasteiger partial charge in [0.05, 0.1) is 5.69 Å². The number of hydrogen-bond acceptors (Lipinski definition) is 4. The molecule has 2 amide bonds. The van der Waals surface area contributed by atoms with Gasteiger partial charge in [-0.1, -0.05) is 31.5 Å². The molecule has 0 saturated carbocycles. The fraction of sp³-hybridized carbons (Fsp3) is 0.400. The van der Waals surface area contributed by atoms with Gasteiger partial charge in [-0.3, -0.25) is 9.59 Å². The van der Waals surface area contributed by atoms with Crippen molar-refractivity contribution in [1.82, 2.24) is 20.0 Å². The summed E-state index contributed by atoms with van der Waals surface area (Å²) in [5.41, 5.74) is 4.80. The van der Waals surface area contributed by atoms with E-state index in [1.54, 1.807) is 11.3 Å². The number of fused-ring (bicyclic) bond motifs is 2. The first-order valence-corrected chi connectivity index (χ1v) is 12.3. The maximum absolute atomic E-state index is 13.3. The monoisotopic (exact) mass is 448 g/mol. The van der Waals surface area contributed by atoms with Gasteiger partial charge in [0.2, 0.25) is 5.91 Å². The lowest BCUT2D eigenvalue weighted by Crippen LogP contribution is -2.49. The van der Waals surface area contributed by atoms with E-state index in [-0.39, 0.29) is 11.8 Å². The van der Waals surface area contributed by atoms with E-state index < -0.39 is 6.04 Å². The summed E-state index contributed by atoms with van der Waals surface area (Å²) in [7, 11) is 0. The van der Waals surface area contributed by atoms with Crippen molar-refractivity contribution in [2.45, 2.75) is 58.0 Å². The molecule has 6 nitrogen and oxygen atoms in total. The number of rotatable bonds is 6. The van der Waals surface area contributed by atoms with Gasteiger partial charge in [0, 0.05) is 29.2 Å². The smallest absolute Gasteiger partial charge is 0.272 e. The second-order valence-electron chi connectivity index (χ2n) is 8.57. The highest BCUT2D eigenvalue weighted by atomic mass is 32.1. The van der Waals surface area contributed by atoms with E-state index in [0.29, 0.717) is 25.2 Å². The van der Waals surface area contributed by atoms with Crippen LogP contribution in [0.25, 0.3) is 5.69 Å². The molecule has 0 fully saturated rings. The first-order valence-electron chi connectivity index (χ1n) is 11.5. The van der Waals surface area contributed by atoms with Crippen molar-refractivity contribution in [3.05, 3.63) is 69.2 Å². The van der Waals surface area contributed by atoms with Crippen LogP contribution in [0.4, 0.5) is 0 Å². The molecule has 1 aromatic carbocycles. The van der Waals surface area contributed by atoms with E-state index in [0.717, 1.165) is 49.0 Å². The van der Waals surface area contributed by atoms with Crippen LogP contribution >= 0.6 is 11.3 Å². The van der Waals surface area contributed by atoms with Gasteiger partial charge in [-0.05, 0) is 61.2 Å². The zero-order valence-electron chi connectivity index (χ0n) is 18.3. The summed E-state index contributed by atoms with van der Waals surface area (Å²) in [6, 6.07) is 11.5. The van der Waals surface area contributed by atoms with E-state index in [2.05, 4.69) is 16.8 Å². The van der Waals surface area contributed by atoms with E-state index in [1.165, 1.54) is 10.4 Å². The fourth-order valence-electron chi connectivity index (χ4n) is 4.83. The largest absolute Gasteiger partial charge is 0.339 e. The Morgan fingerprint density at radius 2 is 2.00 bits per heavy atom. The van der Waals surface area contributed by atoms with Crippen molar-refractivity contribution in [2.75, 3.05) is 6.54 Å². The van der Waals surface area contributed by atoms with Gasteiger partial charge < -0.3 is 10.2 Å². The molecule has 1 aliphatic heterocycles. The molecule has 0 radical (unpaired) electrons. The molecule has 1 aliphatic carbocycles. The Morgan fingerprint density at radius 1 is 1.16 bits per heavy atom. The minimum absolute atomic E-state index is 0.0104. The van der Waals surface area contributed by atoms with Crippen LogP contribution in [-0.4, -0.2) is 39.1 Å². The summed E-state index contributed by atoms with van der Waals surface area (Å²) < 4.78 is 1.90. The Kier molecular flexibility index (Phi) is 5.83. The molecule has 166 valence electrons.